The van der Waals surface area contributed by atoms with Crippen molar-refractivity contribution in [2.45, 2.75) is 39.7 Å². The standard InChI is InChI=1S/C17H25N5O/c1-12(2)16-21-15(23-22-16)9-10-19-17(18-4)20-11-14-8-6-5-7-13(14)3/h5-8,12H,9-11H2,1-4H3,(H2,18,19,20). The molecular formula is C17H25N5O. The Kier molecular flexibility index (Phi) is 6.14. The number of rotatable bonds is 6. The second kappa shape index (κ2) is 8.31. The van der Waals surface area contributed by atoms with Gasteiger partial charge in [-0.1, -0.05) is 43.3 Å². The van der Waals surface area contributed by atoms with E-state index in [4.69, 9.17) is 4.52 Å². The van der Waals surface area contributed by atoms with Gasteiger partial charge < -0.3 is 15.2 Å². The van der Waals surface area contributed by atoms with Crippen LogP contribution in [0.4, 0.5) is 0 Å². The molecule has 0 saturated carbocycles. The molecule has 124 valence electrons. The predicted octanol–water partition coefficient (Wildman–Crippen LogP) is 2.41. The van der Waals surface area contributed by atoms with Crippen LogP contribution < -0.4 is 10.6 Å². The summed E-state index contributed by atoms with van der Waals surface area (Å²) in [7, 11) is 1.76. The molecule has 0 spiro atoms. The van der Waals surface area contributed by atoms with Crippen molar-refractivity contribution in [3.05, 3.63) is 47.1 Å². The first-order chi connectivity index (χ1) is 11.1. The van der Waals surface area contributed by atoms with Gasteiger partial charge in [0.25, 0.3) is 0 Å². The average molecular weight is 315 g/mol. The fourth-order valence-corrected chi connectivity index (χ4v) is 2.10. The number of guanidine groups is 1. The lowest BCUT2D eigenvalue weighted by Gasteiger charge is -2.12. The first-order valence-electron chi connectivity index (χ1n) is 7.91. The highest BCUT2D eigenvalue weighted by atomic mass is 16.5. The molecule has 6 heteroatoms. The highest BCUT2D eigenvalue weighted by Gasteiger charge is 2.09. The van der Waals surface area contributed by atoms with Crippen LogP contribution in [0.5, 0.6) is 0 Å². The maximum atomic E-state index is 5.23. The second-order valence-corrected chi connectivity index (χ2v) is 5.73. The summed E-state index contributed by atoms with van der Waals surface area (Å²) in [6.07, 6.45) is 0.671. The lowest BCUT2D eigenvalue weighted by molar-refractivity contribution is 0.371. The van der Waals surface area contributed by atoms with Crippen LogP contribution in [0.25, 0.3) is 0 Å². The van der Waals surface area contributed by atoms with Gasteiger partial charge in [-0.25, -0.2) is 0 Å². The second-order valence-electron chi connectivity index (χ2n) is 5.73. The number of hydrogen-bond donors (Lipinski definition) is 2. The van der Waals surface area contributed by atoms with Gasteiger partial charge in [0.05, 0.1) is 0 Å². The Morgan fingerprint density at radius 1 is 1.26 bits per heavy atom. The van der Waals surface area contributed by atoms with E-state index in [1.807, 2.05) is 26.0 Å². The highest BCUT2D eigenvalue weighted by Crippen LogP contribution is 2.09. The molecule has 0 bridgehead atoms. The number of aryl methyl sites for hydroxylation is 1. The van der Waals surface area contributed by atoms with Crippen molar-refractivity contribution in [3.8, 4) is 0 Å². The van der Waals surface area contributed by atoms with Crippen molar-refractivity contribution in [2.24, 2.45) is 4.99 Å². The molecule has 1 heterocycles. The van der Waals surface area contributed by atoms with Gasteiger partial charge in [-0.05, 0) is 18.1 Å². The fourth-order valence-electron chi connectivity index (χ4n) is 2.10. The molecule has 0 atom stereocenters. The molecule has 0 saturated heterocycles. The van der Waals surface area contributed by atoms with Crippen LogP contribution in [-0.2, 0) is 13.0 Å². The molecule has 0 aliphatic heterocycles. The van der Waals surface area contributed by atoms with Crippen molar-refractivity contribution < 1.29 is 4.52 Å². The third-order valence-electron chi connectivity index (χ3n) is 3.56. The first-order valence-corrected chi connectivity index (χ1v) is 7.91. The van der Waals surface area contributed by atoms with Crippen LogP contribution >= 0.6 is 0 Å². The van der Waals surface area contributed by atoms with Crippen LogP contribution in [0.15, 0.2) is 33.8 Å². The van der Waals surface area contributed by atoms with E-state index in [9.17, 15) is 0 Å². The average Bonchev–Trinajstić information content (AvgIpc) is 3.01. The fraction of sp³-hybridized carbons (Fsp3) is 0.471. The van der Waals surface area contributed by atoms with Gasteiger partial charge >= 0.3 is 0 Å². The van der Waals surface area contributed by atoms with Gasteiger partial charge in [0, 0.05) is 32.5 Å². The summed E-state index contributed by atoms with van der Waals surface area (Å²) in [5.41, 5.74) is 2.52. The summed E-state index contributed by atoms with van der Waals surface area (Å²) >= 11 is 0. The van der Waals surface area contributed by atoms with E-state index in [0.29, 0.717) is 18.9 Å². The summed E-state index contributed by atoms with van der Waals surface area (Å²) in [5.74, 6) is 2.44. The van der Waals surface area contributed by atoms with Gasteiger partial charge in [0.2, 0.25) is 5.89 Å². The largest absolute Gasteiger partial charge is 0.356 e. The molecule has 1 aromatic heterocycles. The normalized spacial score (nSPS) is 11.8. The van der Waals surface area contributed by atoms with Gasteiger partial charge in [0.15, 0.2) is 11.8 Å². The van der Waals surface area contributed by atoms with Gasteiger partial charge in [-0.3, -0.25) is 4.99 Å². The Hall–Kier alpha value is -2.37. The van der Waals surface area contributed by atoms with E-state index in [-0.39, 0.29) is 5.92 Å². The minimum atomic E-state index is 0.281. The number of nitrogens with one attached hydrogen (secondary N) is 2. The van der Waals surface area contributed by atoms with Crippen molar-refractivity contribution in [1.82, 2.24) is 20.8 Å². The summed E-state index contributed by atoms with van der Waals surface area (Å²) in [5, 5.41) is 10.5. The molecule has 23 heavy (non-hydrogen) atoms. The van der Waals surface area contributed by atoms with Crippen LogP contribution in [0, 0.1) is 6.92 Å². The van der Waals surface area contributed by atoms with Gasteiger partial charge in [-0.15, -0.1) is 0 Å². The maximum Gasteiger partial charge on any atom is 0.228 e. The lowest BCUT2D eigenvalue weighted by Crippen LogP contribution is -2.38. The third-order valence-corrected chi connectivity index (χ3v) is 3.56. The summed E-state index contributed by atoms with van der Waals surface area (Å²) < 4.78 is 5.23. The molecule has 0 aliphatic rings. The Balaban J connectivity index is 1.78. The Morgan fingerprint density at radius 3 is 2.70 bits per heavy atom. The van der Waals surface area contributed by atoms with Crippen molar-refractivity contribution in [1.29, 1.82) is 0 Å². The molecule has 0 fully saturated rings. The maximum absolute atomic E-state index is 5.23. The van der Waals surface area contributed by atoms with Crippen LogP contribution in [0.1, 0.15) is 42.6 Å². The number of benzene rings is 1. The van der Waals surface area contributed by atoms with E-state index in [2.05, 4.69) is 44.8 Å². The first kappa shape index (κ1) is 17.0. The molecule has 2 rings (SSSR count). The van der Waals surface area contributed by atoms with Crippen LogP contribution in [0.2, 0.25) is 0 Å². The van der Waals surface area contributed by atoms with Crippen molar-refractivity contribution in [3.63, 3.8) is 0 Å². The third kappa shape index (κ3) is 5.09. The molecule has 6 nitrogen and oxygen atoms in total. The van der Waals surface area contributed by atoms with E-state index in [1.165, 1.54) is 11.1 Å². The van der Waals surface area contributed by atoms with E-state index in [1.54, 1.807) is 7.05 Å². The monoisotopic (exact) mass is 315 g/mol. The molecule has 2 aromatic rings. The van der Waals surface area contributed by atoms with E-state index >= 15 is 0 Å². The highest BCUT2D eigenvalue weighted by molar-refractivity contribution is 5.79. The summed E-state index contributed by atoms with van der Waals surface area (Å²) in [4.78, 5) is 8.58. The SMILES string of the molecule is CN=C(NCCc1nc(C(C)C)no1)NCc1ccccc1C. The summed E-state index contributed by atoms with van der Waals surface area (Å²) in [6.45, 7) is 7.63. The predicted molar refractivity (Wildman–Crippen MR) is 91.5 cm³/mol. The Labute approximate surface area is 137 Å². The van der Waals surface area contributed by atoms with Gasteiger partial charge in [-0.2, -0.15) is 4.98 Å². The zero-order valence-corrected chi connectivity index (χ0v) is 14.3. The Bertz CT molecular complexity index is 648. The molecule has 1 aromatic carbocycles. The quantitative estimate of drug-likeness (QED) is 0.632. The zero-order valence-electron chi connectivity index (χ0n) is 14.3. The Morgan fingerprint density at radius 2 is 2.04 bits per heavy atom. The van der Waals surface area contributed by atoms with Crippen molar-refractivity contribution in [2.75, 3.05) is 13.6 Å². The smallest absolute Gasteiger partial charge is 0.228 e. The molecular weight excluding hydrogens is 290 g/mol. The van der Waals surface area contributed by atoms with Gasteiger partial charge in [0.1, 0.15) is 0 Å². The number of hydrogen-bond acceptors (Lipinski definition) is 4. The van der Waals surface area contributed by atoms with E-state index < -0.39 is 0 Å². The number of aromatic nitrogens is 2. The molecule has 2 N–H and O–H groups in total. The minimum absolute atomic E-state index is 0.281. The van der Waals surface area contributed by atoms with Crippen LogP contribution in [-0.4, -0.2) is 29.7 Å². The van der Waals surface area contributed by atoms with Crippen molar-refractivity contribution >= 4 is 5.96 Å². The molecule has 0 amide bonds. The van der Waals surface area contributed by atoms with E-state index in [0.717, 1.165) is 18.3 Å². The topological polar surface area (TPSA) is 75.3 Å². The summed E-state index contributed by atoms with van der Waals surface area (Å²) in [6, 6.07) is 8.31. The number of nitrogens with zero attached hydrogens (tertiary/aromatic N) is 3. The molecule has 0 radical (unpaired) electrons. The van der Waals surface area contributed by atoms with Crippen LogP contribution in [0.3, 0.4) is 0 Å². The zero-order chi connectivity index (χ0) is 16.7. The minimum Gasteiger partial charge on any atom is -0.356 e. The molecule has 0 aliphatic carbocycles. The molecule has 0 unspecified atom stereocenters. The lowest BCUT2D eigenvalue weighted by atomic mass is 10.1. The number of aliphatic imine (C=N–C) groups is 1.